The zero-order chi connectivity index (χ0) is 21.7. The van der Waals surface area contributed by atoms with Gasteiger partial charge in [-0.3, -0.25) is 0 Å². The Labute approximate surface area is 199 Å². The Morgan fingerprint density at radius 3 is 1.61 bits per heavy atom. The maximum Gasteiger partial charge on any atom is 0.122 e. The van der Waals surface area contributed by atoms with Gasteiger partial charge in [-0.25, -0.2) is 0 Å². The van der Waals surface area contributed by atoms with E-state index in [1.807, 2.05) is 0 Å². The van der Waals surface area contributed by atoms with Gasteiger partial charge in [-0.05, 0) is 13.3 Å². The first-order chi connectivity index (χ1) is 14.5. The van der Waals surface area contributed by atoms with Crippen LogP contribution in [0.25, 0.3) is 0 Å². The van der Waals surface area contributed by atoms with Gasteiger partial charge >= 0.3 is 0 Å². The van der Waals surface area contributed by atoms with Crippen LogP contribution in [0.1, 0.15) is 95.6 Å². The quantitative estimate of drug-likeness (QED) is 0.252. The number of hydrogen-bond acceptors (Lipinski definition) is 0. The van der Waals surface area contributed by atoms with Crippen LogP contribution in [0.5, 0.6) is 0 Å². The van der Waals surface area contributed by atoms with Gasteiger partial charge in [0, 0.05) is 17.5 Å². The normalized spacial score (nSPS) is 13.4. The number of quaternary nitrogens is 1. The molecule has 0 amide bonds. The van der Waals surface area contributed by atoms with Gasteiger partial charge in [0.2, 0.25) is 0 Å². The molecule has 2 aromatic rings. The third-order valence-corrected chi connectivity index (χ3v) is 7.17. The monoisotopic (exact) mass is 443 g/mol. The summed E-state index contributed by atoms with van der Waals surface area (Å²) in [5.41, 5.74) is 3.02. The van der Waals surface area contributed by atoms with Crippen molar-refractivity contribution in [2.75, 3.05) is 14.1 Å². The van der Waals surface area contributed by atoms with Crippen molar-refractivity contribution >= 4 is 0 Å². The minimum Gasteiger partial charge on any atom is -1.00 e. The molecule has 0 aliphatic carbocycles. The predicted molar refractivity (Wildman–Crippen MR) is 133 cm³/mol. The van der Waals surface area contributed by atoms with Gasteiger partial charge in [-0.1, -0.05) is 125 Å². The second-order valence-corrected chi connectivity index (χ2v) is 9.90. The van der Waals surface area contributed by atoms with Crippen LogP contribution in [0.4, 0.5) is 0 Å². The lowest BCUT2D eigenvalue weighted by Gasteiger charge is -2.47. The van der Waals surface area contributed by atoms with E-state index < -0.39 is 0 Å². The summed E-state index contributed by atoms with van der Waals surface area (Å²) in [6.45, 7) is 5.84. The van der Waals surface area contributed by atoms with E-state index >= 15 is 0 Å². The van der Waals surface area contributed by atoms with E-state index in [9.17, 15) is 0 Å². The van der Waals surface area contributed by atoms with E-state index in [-0.39, 0.29) is 17.9 Å². The van der Waals surface area contributed by atoms with Crippen LogP contribution in [0.15, 0.2) is 60.7 Å². The molecule has 0 fully saturated rings. The summed E-state index contributed by atoms with van der Waals surface area (Å²) in [6.07, 6.45) is 15.2. The van der Waals surface area contributed by atoms with E-state index in [4.69, 9.17) is 0 Å². The van der Waals surface area contributed by atoms with Crippen molar-refractivity contribution in [3.63, 3.8) is 0 Å². The Morgan fingerprint density at radius 2 is 1.10 bits per heavy atom. The highest BCUT2D eigenvalue weighted by Crippen LogP contribution is 2.39. The fourth-order valence-corrected chi connectivity index (χ4v) is 4.76. The lowest BCUT2D eigenvalue weighted by Crippen LogP contribution is -3.00. The molecule has 2 heteroatoms. The number of unbranched alkanes of at least 4 members (excludes halogenated alkanes) is 9. The maximum atomic E-state index is 2.49. The predicted octanol–water partition coefficient (Wildman–Crippen LogP) is 5.49. The van der Waals surface area contributed by atoms with Crippen molar-refractivity contribution < 1.29 is 16.9 Å². The molecule has 0 radical (unpaired) electrons. The molecule has 0 heterocycles. The minimum absolute atomic E-state index is 0. The molecular formula is C29H46ClN. The van der Waals surface area contributed by atoms with Gasteiger partial charge in [-0.15, -0.1) is 0 Å². The highest BCUT2D eigenvalue weighted by molar-refractivity contribution is 5.22. The molecule has 2 aromatic carbocycles. The molecule has 0 bridgehead atoms. The number of halogens is 1. The number of nitrogens with zero attached hydrogens (tertiary/aromatic N) is 1. The van der Waals surface area contributed by atoms with Crippen LogP contribution in [0.3, 0.4) is 0 Å². The zero-order valence-electron chi connectivity index (χ0n) is 20.6. The summed E-state index contributed by atoms with van der Waals surface area (Å²) >= 11 is 0. The minimum atomic E-state index is 0. The van der Waals surface area contributed by atoms with Gasteiger partial charge in [0.15, 0.2) is 0 Å². The van der Waals surface area contributed by atoms with E-state index in [2.05, 4.69) is 88.6 Å². The third kappa shape index (κ3) is 8.99. The average molecular weight is 444 g/mol. The van der Waals surface area contributed by atoms with Crippen LogP contribution in [0, 0.1) is 0 Å². The Balaban J connectivity index is 0.00000480. The molecule has 0 saturated carbocycles. The SMILES string of the molecule is CCCCCCCCCCCCC(C)(c1ccccc1)[N+](C)(C)Cc1ccccc1.[Cl-]. The summed E-state index contributed by atoms with van der Waals surface area (Å²) in [5.74, 6) is 0. The largest absolute Gasteiger partial charge is 1.00 e. The first-order valence-corrected chi connectivity index (χ1v) is 12.4. The molecular weight excluding hydrogens is 398 g/mol. The van der Waals surface area contributed by atoms with E-state index in [1.165, 1.54) is 81.8 Å². The molecule has 0 N–H and O–H groups in total. The summed E-state index contributed by atoms with van der Waals surface area (Å²) < 4.78 is 0.985. The fraction of sp³-hybridized carbons (Fsp3) is 0.586. The highest BCUT2D eigenvalue weighted by Gasteiger charge is 2.42. The molecule has 0 spiro atoms. The smallest absolute Gasteiger partial charge is 0.122 e. The van der Waals surface area contributed by atoms with Crippen LogP contribution < -0.4 is 12.4 Å². The molecule has 1 nitrogen and oxygen atoms in total. The number of hydrogen-bond donors (Lipinski definition) is 0. The maximum absolute atomic E-state index is 2.49. The first-order valence-electron chi connectivity index (χ1n) is 12.4. The van der Waals surface area contributed by atoms with Crippen molar-refractivity contribution in [2.24, 2.45) is 0 Å². The van der Waals surface area contributed by atoms with Crippen LogP contribution >= 0.6 is 0 Å². The molecule has 0 aliphatic heterocycles. The molecule has 1 unspecified atom stereocenters. The van der Waals surface area contributed by atoms with Crippen LogP contribution in [0.2, 0.25) is 0 Å². The topological polar surface area (TPSA) is 0 Å². The second kappa shape index (κ2) is 14.7. The number of benzene rings is 2. The molecule has 0 aromatic heterocycles. The molecule has 2 rings (SSSR count). The van der Waals surface area contributed by atoms with Gasteiger partial charge in [-0.2, -0.15) is 0 Å². The van der Waals surface area contributed by atoms with Crippen LogP contribution in [-0.2, 0) is 12.1 Å². The zero-order valence-corrected chi connectivity index (χ0v) is 21.3. The van der Waals surface area contributed by atoms with Crippen molar-refractivity contribution in [3.8, 4) is 0 Å². The molecule has 0 aliphatic rings. The van der Waals surface area contributed by atoms with Gasteiger partial charge < -0.3 is 16.9 Å². The summed E-state index contributed by atoms with van der Waals surface area (Å²) in [5, 5.41) is 0. The third-order valence-electron chi connectivity index (χ3n) is 7.17. The Hall–Kier alpha value is -1.31. The first kappa shape index (κ1) is 27.7. The summed E-state index contributed by atoms with van der Waals surface area (Å²) in [4.78, 5) is 0. The molecule has 174 valence electrons. The van der Waals surface area contributed by atoms with Crippen molar-refractivity contribution in [3.05, 3.63) is 71.8 Å². The standard InChI is InChI=1S/C29H46N.ClH/c1-5-6-7-8-9-10-11-12-13-20-25-29(2,28-23-18-15-19-24-28)30(3,4)26-27-21-16-14-17-22-27;/h14-19,21-24H,5-13,20,25-26H2,1-4H3;1H/q+1;/p-1. The van der Waals surface area contributed by atoms with Gasteiger partial charge in [0.05, 0.1) is 14.1 Å². The van der Waals surface area contributed by atoms with Crippen molar-refractivity contribution in [2.45, 2.75) is 96.6 Å². The van der Waals surface area contributed by atoms with Gasteiger partial charge in [0.25, 0.3) is 0 Å². The number of rotatable bonds is 15. The second-order valence-electron chi connectivity index (χ2n) is 9.90. The molecule has 0 saturated heterocycles. The Kier molecular flexibility index (Phi) is 13.1. The Bertz CT molecular complexity index is 682. The Morgan fingerprint density at radius 1 is 0.645 bits per heavy atom. The van der Waals surface area contributed by atoms with Crippen molar-refractivity contribution in [1.82, 2.24) is 0 Å². The fourth-order valence-electron chi connectivity index (χ4n) is 4.76. The van der Waals surface area contributed by atoms with E-state index in [0.717, 1.165) is 11.0 Å². The average Bonchev–Trinajstić information content (AvgIpc) is 2.76. The molecule has 31 heavy (non-hydrogen) atoms. The summed E-state index contributed by atoms with van der Waals surface area (Å²) in [6, 6.07) is 22.2. The van der Waals surface area contributed by atoms with E-state index in [0.29, 0.717) is 0 Å². The van der Waals surface area contributed by atoms with Crippen molar-refractivity contribution in [1.29, 1.82) is 0 Å². The lowest BCUT2D eigenvalue weighted by molar-refractivity contribution is -0.961. The van der Waals surface area contributed by atoms with Gasteiger partial charge in [0.1, 0.15) is 12.1 Å². The summed E-state index contributed by atoms with van der Waals surface area (Å²) in [7, 11) is 4.83. The highest BCUT2D eigenvalue weighted by atomic mass is 35.5. The lowest BCUT2D eigenvalue weighted by atomic mass is 9.82. The van der Waals surface area contributed by atoms with Crippen LogP contribution in [-0.4, -0.2) is 18.6 Å². The molecule has 1 atom stereocenters. The van der Waals surface area contributed by atoms with E-state index in [1.54, 1.807) is 0 Å².